The summed E-state index contributed by atoms with van der Waals surface area (Å²) in [5.41, 5.74) is 1.83. The van der Waals surface area contributed by atoms with Crippen LogP contribution < -0.4 is 10.1 Å². The van der Waals surface area contributed by atoms with Gasteiger partial charge in [0.25, 0.3) is 0 Å². The average Bonchev–Trinajstić information content (AvgIpc) is 3.02. The zero-order valence-electron chi connectivity index (χ0n) is 16.3. The van der Waals surface area contributed by atoms with Gasteiger partial charge in [-0.1, -0.05) is 54.2 Å². The molecule has 0 aliphatic carbocycles. The van der Waals surface area contributed by atoms with E-state index in [1.54, 1.807) is 0 Å². The van der Waals surface area contributed by atoms with E-state index in [0.717, 1.165) is 16.5 Å². The van der Waals surface area contributed by atoms with Crippen LogP contribution >= 0.6 is 11.8 Å². The van der Waals surface area contributed by atoms with Crippen LogP contribution in [-0.4, -0.2) is 32.5 Å². The Morgan fingerprint density at radius 3 is 2.57 bits per heavy atom. The van der Waals surface area contributed by atoms with Crippen molar-refractivity contribution in [3.05, 3.63) is 66.0 Å². The first-order chi connectivity index (χ1) is 13.5. The van der Waals surface area contributed by atoms with Crippen LogP contribution in [0.3, 0.4) is 0 Å². The summed E-state index contributed by atoms with van der Waals surface area (Å²) in [6.07, 6.45) is 0.0342. The predicted molar refractivity (Wildman–Crippen MR) is 112 cm³/mol. The molecule has 6 nitrogen and oxygen atoms in total. The van der Waals surface area contributed by atoms with Crippen molar-refractivity contribution in [3.8, 4) is 5.75 Å². The smallest absolute Gasteiger partial charge is 0.234 e. The summed E-state index contributed by atoms with van der Waals surface area (Å²) in [5.74, 6) is 1.61. The molecule has 0 spiro atoms. The maximum Gasteiger partial charge on any atom is 0.234 e. The minimum atomic E-state index is -0.114. The van der Waals surface area contributed by atoms with E-state index in [9.17, 15) is 4.79 Å². The van der Waals surface area contributed by atoms with Crippen LogP contribution in [0.4, 0.5) is 5.69 Å². The lowest BCUT2D eigenvalue weighted by Gasteiger charge is -2.14. The van der Waals surface area contributed by atoms with Gasteiger partial charge in [-0.3, -0.25) is 4.79 Å². The van der Waals surface area contributed by atoms with Crippen LogP contribution in [0.15, 0.2) is 59.8 Å². The Kier molecular flexibility index (Phi) is 6.71. The molecule has 0 unspecified atom stereocenters. The Balaban J connectivity index is 1.63. The average molecular weight is 397 g/mol. The molecule has 0 aliphatic heterocycles. The van der Waals surface area contributed by atoms with E-state index >= 15 is 0 Å². The minimum Gasteiger partial charge on any atom is -0.489 e. The first kappa shape index (κ1) is 19.9. The second-order valence-electron chi connectivity index (χ2n) is 6.60. The molecule has 0 radical (unpaired) electrons. The fourth-order valence-electron chi connectivity index (χ4n) is 2.66. The van der Waals surface area contributed by atoms with Crippen molar-refractivity contribution < 1.29 is 9.53 Å². The van der Waals surface area contributed by atoms with Crippen molar-refractivity contribution in [2.24, 2.45) is 0 Å². The van der Waals surface area contributed by atoms with E-state index < -0.39 is 0 Å². The highest BCUT2D eigenvalue weighted by Crippen LogP contribution is 2.25. The molecule has 0 saturated heterocycles. The van der Waals surface area contributed by atoms with Crippen LogP contribution in [0.1, 0.15) is 25.2 Å². The second kappa shape index (κ2) is 9.41. The van der Waals surface area contributed by atoms with Crippen LogP contribution in [0, 0.1) is 6.92 Å². The molecule has 0 fully saturated rings. The lowest BCUT2D eigenvalue weighted by molar-refractivity contribution is -0.113. The van der Waals surface area contributed by atoms with Gasteiger partial charge >= 0.3 is 0 Å². The number of para-hydroxylation sites is 2. The largest absolute Gasteiger partial charge is 0.489 e. The molecule has 1 aromatic heterocycles. The van der Waals surface area contributed by atoms with Gasteiger partial charge in [0.2, 0.25) is 5.91 Å². The molecule has 28 heavy (non-hydrogen) atoms. The molecular formula is C21H24N4O2S. The molecule has 2 aromatic carbocycles. The van der Waals surface area contributed by atoms with Gasteiger partial charge in [-0.25, -0.2) is 0 Å². The zero-order chi connectivity index (χ0) is 19.9. The lowest BCUT2D eigenvalue weighted by Crippen LogP contribution is -2.16. The van der Waals surface area contributed by atoms with E-state index in [1.807, 2.05) is 67.8 Å². The molecule has 0 saturated carbocycles. The molecule has 146 valence electrons. The maximum atomic E-state index is 12.5. The van der Waals surface area contributed by atoms with Crippen LogP contribution in [0.2, 0.25) is 0 Å². The normalized spacial score (nSPS) is 10.9. The Hall–Kier alpha value is -2.80. The number of thioether (sulfide) groups is 1. The van der Waals surface area contributed by atoms with Crippen molar-refractivity contribution in [3.63, 3.8) is 0 Å². The number of aromatic nitrogens is 3. The number of hydrogen-bond acceptors (Lipinski definition) is 5. The standard InChI is InChI=1S/C21H24N4O2S/c1-15(2)27-19-12-8-7-11-18(19)22-20(26)14-28-21-24-23-16(3)25(21)13-17-9-5-4-6-10-17/h4-12,15H,13-14H2,1-3H3,(H,22,26). The number of rotatable bonds is 8. The zero-order valence-corrected chi connectivity index (χ0v) is 17.1. The summed E-state index contributed by atoms with van der Waals surface area (Å²) in [6.45, 7) is 6.50. The molecule has 3 rings (SSSR count). The van der Waals surface area contributed by atoms with Gasteiger partial charge in [-0.2, -0.15) is 0 Å². The van der Waals surface area contributed by atoms with Gasteiger partial charge in [0, 0.05) is 0 Å². The van der Waals surface area contributed by atoms with Crippen molar-refractivity contribution in [1.29, 1.82) is 0 Å². The van der Waals surface area contributed by atoms with Crippen molar-refractivity contribution >= 4 is 23.4 Å². The molecule has 0 aliphatic rings. The van der Waals surface area contributed by atoms with E-state index in [-0.39, 0.29) is 17.8 Å². The van der Waals surface area contributed by atoms with Gasteiger partial charge in [-0.05, 0) is 38.5 Å². The number of anilines is 1. The summed E-state index contributed by atoms with van der Waals surface area (Å²) < 4.78 is 7.77. The predicted octanol–water partition coefficient (Wildman–Crippen LogP) is 4.15. The fourth-order valence-corrected chi connectivity index (χ4v) is 3.44. The van der Waals surface area contributed by atoms with Crippen molar-refractivity contribution in [2.75, 3.05) is 11.1 Å². The van der Waals surface area contributed by atoms with E-state index in [2.05, 4.69) is 27.6 Å². The number of carbonyl (C=O) groups excluding carboxylic acids is 1. The third-order valence-electron chi connectivity index (χ3n) is 3.94. The molecule has 0 bridgehead atoms. The maximum absolute atomic E-state index is 12.5. The Labute approximate surface area is 169 Å². The topological polar surface area (TPSA) is 69.0 Å². The van der Waals surface area contributed by atoms with Crippen molar-refractivity contribution in [1.82, 2.24) is 14.8 Å². The number of carbonyl (C=O) groups is 1. The monoisotopic (exact) mass is 396 g/mol. The molecule has 1 heterocycles. The Morgan fingerprint density at radius 2 is 1.82 bits per heavy atom. The molecule has 1 N–H and O–H groups in total. The number of hydrogen-bond donors (Lipinski definition) is 1. The highest BCUT2D eigenvalue weighted by molar-refractivity contribution is 7.99. The number of ether oxygens (including phenoxy) is 1. The van der Waals surface area contributed by atoms with E-state index in [0.29, 0.717) is 18.0 Å². The molecule has 7 heteroatoms. The first-order valence-electron chi connectivity index (χ1n) is 9.15. The third kappa shape index (κ3) is 5.36. The SMILES string of the molecule is Cc1nnc(SCC(=O)Nc2ccccc2OC(C)C)n1Cc1ccccc1. The Morgan fingerprint density at radius 1 is 1.11 bits per heavy atom. The van der Waals surface area contributed by atoms with Gasteiger partial charge in [0.15, 0.2) is 5.16 Å². The van der Waals surface area contributed by atoms with Gasteiger partial charge < -0.3 is 14.6 Å². The highest BCUT2D eigenvalue weighted by atomic mass is 32.2. The summed E-state index contributed by atoms with van der Waals surface area (Å²) in [4.78, 5) is 12.5. The van der Waals surface area contributed by atoms with Crippen LogP contribution in [0.5, 0.6) is 5.75 Å². The third-order valence-corrected chi connectivity index (χ3v) is 4.91. The summed E-state index contributed by atoms with van der Waals surface area (Å²) in [5, 5.41) is 12.0. The summed E-state index contributed by atoms with van der Waals surface area (Å²) in [6, 6.07) is 17.6. The van der Waals surface area contributed by atoms with Crippen LogP contribution in [-0.2, 0) is 11.3 Å². The van der Waals surface area contributed by atoms with Gasteiger partial charge in [0.1, 0.15) is 11.6 Å². The quantitative estimate of drug-likeness (QED) is 0.579. The fraction of sp³-hybridized carbons (Fsp3) is 0.286. The molecule has 1 amide bonds. The number of nitrogens with one attached hydrogen (secondary N) is 1. The number of aryl methyl sites for hydroxylation is 1. The summed E-state index contributed by atoms with van der Waals surface area (Å²) in [7, 11) is 0. The molecule has 0 atom stereocenters. The van der Waals surface area contributed by atoms with Crippen LogP contribution in [0.25, 0.3) is 0 Å². The number of nitrogens with zero attached hydrogens (tertiary/aromatic N) is 3. The van der Waals surface area contributed by atoms with E-state index in [4.69, 9.17) is 4.74 Å². The highest BCUT2D eigenvalue weighted by Gasteiger charge is 2.14. The minimum absolute atomic E-state index is 0.0342. The number of amides is 1. The lowest BCUT2D eigenvalue weighted by atomic mass is 10.2. The first-order valence-corrected chi connectivity index (χ1v) is 10.1. The van der Waals surface area contributed by atoms with Crippen molar-refractivity contribution in [2.45, 2.75) is 38.6 Å². The number of benzene rings is 2. The Bertz CT molecular complexity index is 925. The summed E-state index contributed by atoms with van der Waals surface area (Å²) >= 11 is 1.37. The van der Waals surface area contributed by atoms with Gasteiger partial charge in [0.05, 0.1) is 24.1 Å². The molecule has 3 aromatic rings. The second-order valence-corrected chi connectivity index (χ2v) is 7.54. The molecular weight excluding hydrogens is 372 g/mol. The van der Waals surface area contributed by atoms with Gasteiger partial charge in [-0.15, -0.1) is 10.2 Å². The van der Waals surface area contributed by atoms with E-state index in [1.165, 1.54) is 11.8 Å².